The molecular weight excluding hydrogens is 562 g/mol. The Morgan fingerprint density at radius 1 is 1.15 bits per heavy atom. The molecule has 2 unspecified atom stereocenters. The summed E-state index contributed by atoms with van der Waals surface area (Å²) >= 11 is 7.95. The second-order valence-corrected chi connectivity index (χ2v) is 15.1. The van der Waals surface area contributed by atoms with Crippen LogP contribution in [0.5, 0.6) is 0 Å². The van der Waals surface area contributed by atoms with Gasteiger partial charge in [0.1, 0.15) is 5.82 Å². The zero-order chi connectivity index (χ0) is 28.2. The zero-order valence-corrected chi connectivity index (χ0v) is 25.5. The van der Waals surface area contributed by atoms with Crippen LogP contribution in [0.3, 0.4) is 0 Å². The molecule has 6 rings (SSSR count). The van der Waals surface area contributed by atoms with E-state index in [1.54, 1.807) is 6.20 Å². The zero-order valence-electron chi connectivity index (χ0n) is 23.1. The first-order valence-corrected chi connectivity index (χ1v) is 15.8. The topological polar surface area (TPSA) is 101 Å². The Hall–Kier alpha value is -2.66. The number of aromatic nitrogens is 4. The third kappa shape index (κ3) is 4.78. The molecule has 2 atom stereocenters. The van der Waals surface area contributed by atoms with Crippen molar-refractivity contribution in [2.45, 2.75) is 67.5 Å². The molecule has 11 heteroatoms. The summed E-state index contributed by atoms with van der Waals surface area (Å²) in [5.41, 5.74) is 10.3. The standard InChI is InChI=1S/C29H34ClN7OS2/c1-18-23(39-21-9-12-32-25(31)22(21)30)26-33-13-16-37(26)27(34-18)36-14-10-29(11-15-36)17-19-7-5-6-8-20(19)24(29)35-40(38)28(2,3)4/h5-9,12-13,16,24,35H,10-11,14-15,17H2,1-4H3,(H2,31,32). The lowest BCUT2D eigenvalue weighted by molar-refractivity contribution is 0.177. The molecule has 4 heterocycles. The number of nitrogens with one attached hydrogen (secondary N) is 1. The van der Waals surface area contributed by atoms with Crippen molar-refractivity contribution >= 4 is 51.8 Å². The number of nitrogen functional groups attached to an aromatic ring is 1. The molecule has 0 amide bonds. The first-order valence-electron chi connectivity index (χ1n) is 13.5. The van der Waals surface area contributed by atoms with Gasteiger partial charge in [-0.3, -0.25) is 4.40 Å². The van der Waals surface area contributed by atoms with Crippen molar-refractivity contribution < 1.29 is 4.21 Å². The van der Waals surface area contributed by atoms with Crippen LogP contribution < -0.4 is 15.4 Å². The molecule has 8 nitrogen and oxygen atoms in total. The number of anilines is 2. The van der Waals surface area contributed by atoms with Crippen molar-refractivity contribution in [1.82, 2.24) is 24.1 Å². The summed E-state index contributed by atoms with van der Waals surface area (Å²) in [6, 6.07) is 10.6. The van der Waals surface area contributed by atoms with Crippen LogP contribution in [0.4, 0.5) is 11.8 Å². The Labute approximate surface area is 246 Å². The first kappa shape index (κ1) is 27.5. The third-order valence-corrected chi connectivity index (χ3v) is 11.4. The number of hydrogen-bond acceptors (Lipinski definition) is 7. The fourth-order valence-electron chi connectivity index (χ4n) is 5.90. The predicted molar refractivity (Wildman–Crippen MR) is 163 cm³/mol. The van der Waals surface area contributed by atoms with Crippen molar-refractivity contribution in [3.05, 3.63) is 70.8 Å². The van der Waals surface area contributed by atoms with Crippen molar-refractivity contribution in [2.24, 2.45) is 5.41 Å². The van der Waals surface area contributed by atoms with Crippen LogP contribution >= 0.6 is 23.4 Å². The summed E-state index contributed by atoms with van der Waals surface area (Å²) in [6.07, 6.45) is 8.38. The molecule has 1 spiro atoms. The van der Waals surface area contributed by atoms with Gasteiger partial charge in [-0.15, -0.1) is 0 Å². The maximum atomic E-state index is 13.2. The quantitative estimate of drug-likeness (QED) is 0.303. The van der Waals surface area contributed by atoms with Crippen LogP contribution in [0, 0.1) is 12.3 Å². The van der Waals surface area contributed by atoms with E-state index in [4.69, 9.17) is 27.3 Å². The monoisotopic (exact) mass is 595 g/mol. The Morgan fingerprint density at radius 3 is 2.65 bits per heavy atom. The van der Waals surface area contributed by atoms with E-state index in [2.05, 4.69) is 43.3 Å². The number of imidazole rings is 1. The Balaban J connectivity index is 1.28. The van der Waals surface area contributed by atoms with Crippen molar-refractivity contribution in [1.29, 1.82) is 0 Å². The van der Waals surface area contributed by atoms with Gasteiger partial charge < -0.3 is 10.6 Å². The molecular formula is C29H34ClN7OS2. The molecule has 0 bridgehead atoms. The first-order chi connectivity index (χ1) is 19.1. The molecule has 0 radical (unpaired) electrons. The average molecular weight is 596 g/mol. The molecule has 210 valence electrons. The van der Waals surface area contributed by atoms with Crippen LogP contribution in [0.2, 0.25) is 5.02 Å². The van der Waals surface area contributed by atoms with E-state index in [1.165, 1.54) is 22.9 Å². The maximum Gasteiger partial charge on any atom is 0.211 e. The summed E-state index contributed by atoms with van der Waals surface area (Å²) < 4.78 is 18.5. The fourth-order valence-corrected chi connectivity index (χ4v) is 8.05. The summed E-state index contributed by atoms with van der Waals surface area (Å²) in [6.45, 7) is 9.79. The van der Waals surface area contributed by atoms with Gasteiger partial charge in [0.2, 0.25) is 5.95 Å². The highest BCUT2D eigenvalue weighted by Gasteiger charge is 2.49. The summed E-state index contributed by atoms with van der Waals surface area (Å²) in [5.74, 6) is 1.20. The number of rotatable bonds is 5. The van der Waals surface area contributed by atoms with Gasteiger partial charge in [-0.2, -0.15) is 0 Å². The normalized spacial score (nSPS) is 19.3. The van der Waals surface area contributed by atoms with Crippen LogP contribution in [-0.4, -0.2) is 41.4 Å². The summed E-state index contributed by atoms with van der Waals surface area (Å²) in [4.78, 5) is 18.0. The molecule has 0 saturated carbocycles. The number of pyridine rings is 1. The molecule has 4 aromatic rings. The van der Waals surface area contributed by atoms with Gasteiger partial charge in [0, 0.05) is 36.6 Å². The molecule has 2 aliphatic rings. The lowest BCUT2D eigenvalue weighted by Crippen LogP contribution is -2.48. The molecule has 40 heavy (non-hydrogen) atoms. The van der Waals surface area contributed by atoms with E-state index in [1.807, 2.05) is 46.2 Å². The Bertz CT molecular complexity index is 1610. The molecule has 1 fully saturated rings. The van der Waals surface area contributed by atoms with Crippen molar-refractivity contribution in [3.63, 3.8) is 0 Å². The molecule has 1 aromatic carbocycles. The smallest absolute Gasteiger partial charge is 0.211 e. The van der Waals surface area contributed by atoms with E-state index in [-0.39, 0.29) is 16.2 Å². The van der Waals surface area contributed by atoms with E-state index in [0.29, 0.717) is 10.8 Å². The highest BCUT2D eigenvalue weighted by Crippen LogP contribution is 2.52. The Morgan fingerprint density at radius 2 is 1.90 bits per heavy atom. The van der Waals surface area contributed by atoms with E-state index in [0.717, 1.165) is 59.4 Å². The fraction of sp³-hybridized carbons (Fsp3) is 0.414. The van der Waals surface area contributed by atoms with Gasteiger partial charge in [0.25, 0.3) is 0 Å². The van der Waals surface area contributed by atoms with Crippen molar-refractivity contribution in [3.8, 4) is 0 Å². The van der Waals surface area contributed by atoms with Crippen LogP contribution in [-0.2, 0) is 17.4 Å². The van der Waals surface area contributed by atoms with Gasteiger partial charge in [-0.1, -0.05) is 47.6 Å². The number of hydrogen-bond donors (Lipinski definition) is 2. The molecule has 1 aliphatic carbocycles. The van der Waals surface area contributed by atoms with Gasteiger partial charge in [0.15, 0.2) is 5.65 Å². The number of aryl methyl sites for hydroxylation is 1. The number of piperidine rings is 1. The highest BCUT2D eigenvalue weighted by atomic mass is 35.5. The SMILES string of the molecule is Cc1nc(N2CCC3(CC2)Cc2ccccc2C3NS(=O)C(C)(C)C)n2ccnc2c1Sc1ccnc(N)c1Cl. The maximum absolute atomic E-state index is 13.2. The van der Waals surface area contributed by atoms with Crippen LogP contribution in [0.1, 0.15) is 56.5 Å². The largest absolute Gasteiger partial charge is 0.382 e. The van der Waals surface area contributed by atoms with Gasteiger partial charge in [-0.25, -0.2) is 23.9 Å². The number of benzene rings is 1. The van der Waals surface area contributed by atoms with Crippen molar-refractivity contribution in [2.75, 3.05) is 23.7 Å². The molecule has 1 saturated heterocycles. The second kappa shape index (κ2) is 10.3. The van der Waals surface area contributed by atoms with E-state index < -0.39 is 11.0 Å². The molecule has 3 aromatic heterocycles. The molecule has 1 aliphatic heterocycles. The number of nitrogens with zero attached hydrogens (tertiary/aromatic N) is 5. The predicted octanol–water partition coefficient (Wildman–Crippen LogP) is 5.76. The van der Waals surface area contributed by atoms with E-state index in [9.17, 15) is 4.21 Å². The summed E-state index contributed by atoms with van der Waals surface area (Å²) in [7, 11) is -1.16. The lowest BCUT2D eigenvalue weighted by atomic mass is 9.73. The van der Waals surface area contributed by atoms with E-state index >= 15 is 0 Å². The minimum absolute atomic E-state index is 0.0119. The minimum Gasteiger partial charge on any atom is -0.382 e. The minimum atomic E-state index is -1.16. The number of halogens is 1. The second-order valence-electron chi connectivity index (χ2n) is 11.7. The van der Waals surface area contributed by atoms with Crippen LogP contribution in [0.15, 0.2) is 58.7 Å². The van der Waals surface area contributed by atoms with Crippen LogP contribution in [0.25, 0.3) is 5.65 Å². The van der Waals surface area contributed by atoms with Gasteiger partial charge in [-0.05, 0) is 69.6 Å². The third-order valence-electron chi connectivity index (χ3n) is 8.09. The van der Waals surface area contributed by atoms with Gasteiger partial charge >= 0.3 is 0 Å². The highest BCUT2D eigenvalue weighted by molar-refractivity contribution is 7.99. The number of nitrogens with two attached hydrogens (primary N) is 1. The lowest BCUT2D eigenvalue weighted by Gasteiger charge is -2.44. The Kier molecular flexibility index (Phi) is 7.09. The number of fused-ring (bicyclic) bond motifs is 2. The van der Waals surface area contributed by atoms with Gasteiger partial charge in [0.05, 0.1) is 37.4 Å². The summed E-state index contributed by atoms with van der Waals surface area (Å²) in [5, 5.41) is 0.440. The average Bonchev–Trinajstić information content (AvgIpc) is 3.52. The molecule has 3 N–H and O–H groups in total.